The zero-order valence-corrected chi connectivity index (χ0v) is 10.8. The largest absolute Gasteiger partial charge is 0.236 e. The molecule has 0 bridgehead atoms. The van der Waals surface area contributed by atoms with Gasteiger partial charge in [-0.2, -0.15) is 0 Å². The van der Waals surface area contributed by atoms with Gasteiger partial charge < -0.3 is 0 Å². The molecule has 0 N–H and O–H groups in total. The quantitative estimate of drug-likeness (QED) is 0.503. The molecule has 20 heavy (non-hydrogen) atoms. The number of nitrogens with zero attached hydrogens (tertiary/aromatic N) is 2. The Hall–Kier alpha value is -2.74. The van der Waals surface area contributed by atoms with Crippen molar-refractivity contribution < 1.29 is 0 Å². The molecule has 0 spiro atoms. The third-order valence-electron chi connectivity index (χ3n) is 3.52. The third-order valence-corrected chi connectivity index (χ3v) is 3.52. The van der Waals surface area contributed by atoms with Crippen molar-refractivity contribution in [1.29, 1.82) is 0 Å². The van der Waals surface area contributed by atoms with E-state index in [-0.39, 0.29) is 0 Å². The average molecular weight is 256 g/mol. The van der Waals surface area contributed by atoms with Crippen LogP contribution in [0.1, 0.15) is 0 Å². The van der Waals surface area contributed by atoms with Gasteiger partial charge in [-0.3, -0.25) is 0 Å². The summed E-state index contributed by atoms with van der Waals surface area (Å²) in [4.78, 5) is 9.20. The normalized spacial score (nSPS) is 11.0. The van der Waals surface area contributed by atoms with Crippen molar-refractivity contribution in [3.05, 3.63) is 72.9 Å². The highest BCUT2D eigenvalue weighted by Crippen LogP contribution is 2.26. The number of hydrogen-bond donors (Lipinski definition) is 0. The lowest BCUT2D eigenvalue weighted by Crippen LogP contribution is -1.90. The molecule has 94 valence electrons. The van der Waals surface area contributed by atoms with Gasteiger partial charge >= 0.3 is 0 Å². The second-order valence-corrected chi connectivity index (χ2v) is 4.78. The van der Waals surface area contributed by atoms with Crippen LogP contribution >= 0.6 is 0 Å². The summed E-state index contributed by atoms with van der Waals surface area (Å²) in [5, 5.41) is 3.46. The molecule has 0 unspecified atom stereocenters. The van der Waals surface area contributed by atoms with Gasteiger partial charge in [0.2, 0.25) is 0 Å². The van der Waals surface area contributed by atoms with Crippen LogP contribution < -0.4 is 0 Å². The van der Waals surface area contributed by atoms with Gasteiger partial charge in [-0.25, -0.2) is 9.97 Å². The molecular weight excluding hydrogens is 244 g/mol. The van der Waals surface area contributed by atoms with E-state index in [1.807, 2.05) is 42.6 Å². The first-order valence-corrected chi connectivity index (χ1v) is 6.62. The maximum Gasteiger partial charge on any atom is 0.160 e. The zero-order valence-electron chi connectivity index (χ0n) is 10.8. The van der Waals surface area contributed by atoms with E-state index in [1.54, 1.807) is 0 Å². The molecule has 3 aromatic carbocycles. The number of benzene rings is 3. The maximum atomic E-state index is 4.68. The summed E-state index contributed by atoms with van der Waals surface area (Å²) in [6.07, 6.45) is 1.89. The Kier molecular flexibility index (Phi) is 2.46. The van der Waals surface area contributed by atoms with Crippen LogP contribution in [0.25, 0.3) is 33.1 Å². The molecule has 0 saturated carbocycles. The van der Waals surface area contributed by atoms with Gasteiger partial charge in [-0.05, 0) is 16.8 Å². The van der Waals surface area contributed by atoms with Crippen LogP contribution in [-0.4, -0.2) is 9.97 Å². The maximum absolute atomic E-state index is 4.68. The highest BCUT2D eigenvalue weighted by Gasteiger charge is 2.06. The van der Waals surface area contributed by atoms with Crippen LogP contribution in [-0.2, 0) is 0 Å². The molecular formula is C18H12N2. The average Bonchev–Trinajstić information content (AvgIpc) is 2.54. The lowest BCUT2D eigenvalue weighted by molar-refractivity contribution is 1.23. The fourth-order valence-electron chi connectivity index (χ4n) is 2.52. The number of rotatable bonds is 1. The van der Waals surface area contributed by atoms with E-state index >= 15 is 0 Å². The smallest absolute Gasteiger partial charge is 0.160 e. The zero-order chi connectivity index (χ0) is 13.4. The fourth-order valence-corrected chi connectivity index (χ4v) is 2.52. The molecule has 0 aliphatic carbocycles. The summed E-state index contributed by atoms with van der Waals surface area (Å²) in [7, 11) is 0. The molecule has 0 amide bonds. The third kappa shape index (κ3) is 1.74. The first-order chi connectivity index (χ1) is 9.92. The summed E-state index contributed by atoms with van der Waals surface area (Å²) in [5.74, 6) is 0.778. The Labute approximate surface area is 116 Å². The number of aromatic nitrogens is 2. The Bertz CT molecular complexity index is 908. The summed E-state index contributed by atoms with van der Waals surface area (Å²) in [6.45, 7) is 0. The van der Waals surface area contributed by atoms with Gasteiger partial charge in [0, 0.05) is 17.1 Å². The summed E-state index contributed by atoms with van der Waals surface area (Å²) >= 11 is 0. The van der Waals surface area contributed by atoms with Crippen LogP contribution in [0.5, 0.6) is 0 Å². The number of hydrogen-bond acceptors (Lipinski definition) is 2. The molecule has 1 aromatic heterocycles. The highest BCUT2D eigenvalue weighted by molar-refractivity contribution is 5.95. The monoisotopic (exact) mass is 256 g/mol. The van der Waals surface area contributed by atoms with Crippen molar-refractivity contribution in [3.63, 3.8) is 0 Å². The lowest BCUT2D eigenvalue weighted by Gasteiger charge is -2.06. The predicted octanol–water partition coefficient (Wildman–Crippen LogP) is 4.45. The minimum absolute atomic E-state index is 0.778. The predicted molar refractivity (Wildman–Crippen MR) is 82.5 cm³/mol. The van der Waals surface area contributed by atoms with Crippen molar-refractivity contribution in [2.45, 2.75) is 0 Å². The molecule has 0 saturated heterocycles. The van der Waals surface area contributed by atoms with Gasteiger partial charge in [0.05, 0.1) is 5.52 Å². The van der Waals surface area contributed by atoms with Crippen LogP contribution in [0.4, 0.5) is 0 Å². The van der Waals surface area contributed by atoms with Crippen molar-refractivity contribution >= 4 is 21.7 Å². The van der Waals surface area contributed by atoms with E-state index in [4.69, 9.17) is 0 Å². The van der Waals surface area contributed by atoms with Crippen LogP contribution in [0.3, 0.4) is 0 Å². The van der Waals surface area contributed by atoms with Crippen LogP contribution in [0.15, 0.2) is 72.9 Å². The van der Waals surface area contributed by atoms with E-state index in [0.717, 1.165) is 22.3 Å². The molecule has 2 heteroatoms. The van der Waals surface area contributed by atoms with Crippen LogP contribution in [0.2, 0.25) is 0 Å². The standard InChI is InChI=1S/C18H12N2/c1-3-9-15-13(6-1)8-5-10-16(15)18-19-12-14-7-2-4-11-17(14)20-18/h1-12H. The van der Waals surface area contributed by atoms with E-state index in [9.17, 15) is 0 Å². The molecule has 0 atom stereocenters. The molecule has 4 aromatic rings. The van der Waals surface area contributed by atoms with E-state index < -0.39 is 0 Å². The topological polar surface area (TPSA) is 25.8 Å². The molecule has 1 heterocycles. The number of para-hydroxylation sites is 1. The second kappa shape index (κ2) is 4.42. The van der Waals surface area contributed by atoms with Crippen molar-refractivity contribution in [2.75, 3.05) is 0 Å². The summed E-state index contributed by atoms with van der Waals surface area (Å²) in [5.41, 5.74) is 2.05. The Morgan fingerprint density at radius 1 is 0.650 bits per heavy atom. The molecule has 4 rings (SSSR count). The van der Waals surface area contributed by atoms with Gasteiger partial charge in [0.15, 0.2) is 5.82 Å². The Morgan fingerprint density at radius 2 is 1.40 bits per heavy atom. The van der Waals surface area contributed by atoms with Crippen molar-refractivity contribution in [1.82, 2.24) is 9.97 Å². The fraction of sp³-hybridized carbons (Fsp3) is 0. The summed E-state index contributed by atoms with van der Waals surface area (Å²) in [6, 6.07) is 22.6. The first kappa shape index (κ1) is 11.1. The lowest BCUT2D eigenvalue weighted by atomic mass is 10.0. The van der Waals surface area contributed by atoms with E-state index in [2.05, 4.69) is 40.3 Å². The van der Waals surface area contributed by atoms with Gasteiger partial charge in [0.25, 0.3) is 0 Å². The molecule has 0 aliphatic rings. The first-order valence-electron chi connectivity index (χ1n) is 6.62. The van der Waals surface area contributed by atoms with Gasteiger partial charge in [0.1, 0.15) is 0 Å². The minimum Gasteiger partial charge on any atom is -0.236 e. The molecule has 0 radical (unpaired) electrons. The van der Waals surface area contributed by atoms with E-state index in [0.29, 0.717) is 0 Å². The van der Waals surface area contributed by atoms with Gasteiger partial charge in [-0.1, -0.05) is 60.7 Å². The SMILES string of the molecule is c1ccc2nc(-c3cccc4ccccc34)ncc2c1. The van der Waals surface area contributed by atoms with Gasteiger partial charge in [-0.15, -0.1) is 0 Å². The van der Waals surface area contributed by atoms with Crippen molar-refractivity contribution in [2.24, 2.45) is 0 Å². The second-order valence-electron chi connectivity index (χ2n) is 4.78. The minimum atomic E-state index is 0.778. The van der Waals surface area contributed by atoms with Crippen molar-refractivity contribution in [3.8, 4) is 11.4 Å². The Balaban J connectivity index is 2.01. The molecule has 0 aliphatic heterocycles. The highest BCUT2D eigenvalue weighted by atomic mass is 14.9. The molecule has 0 fully saturated rings. The summed E-state index contributed by atoms with van der Waals surface area (Å²) < 4.78 is 0. The Morgan fingerprint density at radius 3 is 2.35 bits per heavy atom. The molecule has 2 nitrogen and oxygen atoms in total. The van der Waals surface area contributed by atoms with Crippen LogP contribution in [0, 0.1) is 0 Å². The van der Waals surface area contributed by atoms with E-state index in [1.165, 1.54) is 10.8 Å². The number of fused-ring (bicyclic) bond motifs is 2.